The second-order valence-electron chi connectivity index (χ2n) is 3.07. The number of nitrogens with one attached hydrogen (secondary N) is 1. The maximum absolute atomic E-state index is 11.4. The normalized spacial score (nSPS) is 10.4. The van der Waals surface area contributed by atoms with E-state index in [1.54, 1.807) is 6.07 Å². The molecule has 0 saturated heterocycles. The SMILES string of the molecule is COC(=O)c1cc2nc[nH]c(=O)c2cc1Br. The van der Waals surface area contributed by atoms with Crippen LogP contribution in [0.3, 0.4) is 0 Å². The number of hydrogen-bond acceptors (Lipinski definition) is 4. The predicted molar refractivity (Wildman–Crippen MR) is 61.4 cm³/mol. The van der Waals surface area contributed by atoms with Crippen LogP contribution in [0.15, 0.2) is 27.7 Å². The van der Waals surface area contributed by atoms with Gasteiger partial charge in [-0.15, -0.1) is 0 Å². The zero-order valence-corrected chi connectivity index (χ0v) is 9.87. The van der Waals surface area contributed by atoms with Crippen LogP contribution in [0.1, 0.15) is 10.4 Å². The topological polar surface area (TPSA) is 72.0 Å². The molecule has 1 aromatic heterocycles. The number of methoxy groups -OCH3 is 1. The molecule has 1 N–H and O–H groups in total. The van der Waals surface area contributed by atoms with Crippen LogP contribution >= 0.6 is 15.9 Å². The van der Waals surface area contributed by atoms with Gasteiger partial charge in [0, 0.05) is 4.47 Å². The third kappa shape index (κ3) is 1.71. The van der Waals surface area contributed by atoms with Gasteiger partial charge in [0.05, 0.1) is 29.9 Å². The van der Waals surface area contributed by atoms with E-state index in [4.69, 9.17) is 0 Å². The molecule has 82 valence electrons. The average molecular weight is 283 g/mol. The van der Waals surface area contributed by atoms with Crippen LogP contribution in [0.2, 0.25) is 0 Å². The van der Waals surface area contributed by atoms with Crippen LogP contribution < -0.4 is 5.56 Å². The number of H-pyrrole nitrogens is 1. The van der Waals surface area contributed by atoms with Gasteiger partial charge in [-0.25, -0.2) is 9.78 Å². The van der Waals surface area contributed by atoms with Crippen LogP contribution in [0.4, 0.5) is 0 Å². The van der Waals surface area contributed by atoms with E-state index in [9.17, 15) is 9.59 Å². The molecule has 5 nitrogen and oxygen atoms in total. The lowest BCUT2D eigenvalue weighted by Gasteiger charge is -2.03. The number of carbonyl (C=O) groups is 1. The summed E-state index contributed by atoms with van der Waals surface area (Å²) in [5.74, 6) is -0.476. The Hall–Kier alpha value is -1.69. The molecule has 0 radical (unpaired) electrons. The monoisotopic (exact) mass is 282 g/mol. The van der Waals surface area contributed by atoms with Gasteiger partial charge in [-0.2, -0.15) is 0 Å². The Morgan fingerprint density at radius 2 is 2.25 bits per heavy atom. The van der Waals surface area contributed by atoms with Crippen LogP contribution in [-0.2, 0) is 4.74 Å². The fourth-order valence-corrected chi connectivity index (χ4v) is 1.86. The number of aromatic nitrogens is 2. The number of rotatable bonds is 1. The Morgan fingerprint density at radius 3 is 2.94 bits per heavy atom. The molecule has 6 heteroatoms. The average Bonchev–Trinajstić information content (AvgIpc) is 2.29. The van der Waals surface area contributed by atoms with Gasteiger partial charge < -0.3 is 9.72 Å². The minimum Gasteiger partial charge on any atom is -0.465 e. The van der Waals surface area contributed by atoms with Gasteiger partial charge in [-0.05, 0) is 28.1 Å². The second-order valence-corrected chi connectivity index (χ2v) is 3.93. The number of hydrogen-bond donors (Lipinski definition) is 1. The highest BCUT2D eigenvalue weighted by Gasteiger charge is 2.13. The minimum absolute atomic E-state index is 0.248. The van der Waals surface area contributed by atoms with Gasteiger partial charge >= 0.3 is 5.97 Å². The van der Waals surface area contributed by atoms with Gasteiger partial charge in [-0.3, -0.25) is 4.79 Å². The van der Waals surface area contributed by atoms with E-state index in [0.29, 0.717) is 20.9 Å². The van der Waals surface area contributed by atoms with Crippen molar-refractivity contribution in [3.05, 3.63) is 38.9 Å². The first kappa shape index (κ1) is 10.8. The van der Waals surface area contributed by atoms with Crippen molar-refractivity contribution in [3.63, 3.8) is 0 Å². The van der Waals surface area contributed by atoms with Crippen molar-refractivity contribution in [2.75, 3.05) is 7.11 Å². The molecular weight excluding hydrogens is 276 g/mol. The van der Waals surface area contributed by atoms with E-state index in [1.165, 1.54) is 19.5 Å². The first-order valence-electron chi connectivity index (χ1n) is 4.38. The van der Waals surface area contributed by atoms with Crippen molar-refractivity contribution in [1.82, 2.24) is 9.97 Å². The van der Waals surface area contributed by atoms with Crippen molar-refractivity contribution in [2.24, 2.45) is 0 Å². The number of aromatic amines is 1. The highest BCUT2D eigenvalue weighted by molar-refractivity contribution is 9.10. The van der Waals surface area contributed by atoms with E-state index in [0.717, 1.165) is 0 Å². The fraction of sp³-hybridized carbons (Fsp3) is 0.100. The molecule has 1 heterocycles. The molecule has 0 atom stereocenters. The number of carbonyl (C=O) groups excluding carboxylic acids is 1. The highest BCUT2D eigenvalue weighted by atomic mass is 79.9. The first-order chi connectivity index (χ1) is 7.63. The van der Waals surface area contributed by atoms with Gasteiger partial charge in [0.15, 0.2) is 0 Å². The fourth-order valence-electron chi connectivity index (χ4n) is 1.36. The van der Waals surface area contributed by atoms with Crippen molar-refractivity contribution >= 4 is 32.8 Å². The molecule has 0 spiro atoms. The Labute approximate surface area is 98.6 Å². The molecule has 0 amide bonds. The van der Waals surface area contributed by atoms with E-state index >= 15 is 0 Å². The van der Waals surface area contributed by atoms with Crippen molar-refractivity contribution in [3.8, 4) is 0 Å². The lowest BCUT2D eigenvalue weighted by Crippen LogP contribution is -2.08. The Bertz CT molecular complexity index is 621. The summed E-state index contributed by atoms with van der Waals surface area (Å²) in [6.07, 6.45) is 1.29. The number of esters is 1. The summed E-state index contributed by atoms with van der Waals surface area (Å²) in [6, 6.07) is 3.06. The summed E-state index contributed by atoms with van der Waals surface area (Å²) in [7, 11) is 1.30. The quantitative estimate of drug-likeness (QED) is 0.804. The number of ether oxygens (including phenoxy) is 1. The molecule has 16 heavy (non-hydrogen) atoms. The minimum atomic E-state index is -0.476. The molecule has 0 bridgehead atoms. The summed E-state index contributed by atoms with van der Waals surface area (Å²) in [5.41, 5.74) is 0.544. The molecule has 0 aliphatic carbocycles. The molecule has 0 aliphatic rings. The Balaban J connectivity index is 2.77. The van der Waals surface area contributed by atoms with Crippen molar-refractivity contribution in [1.29, 1.82) is 0 Å². The lowest BCUT2D eigenvalue weighted by atomic mass is 10.1. The maximum Gasteiger partial charge on any atom is 0.339 e. The van der Waals surface area contributed by atoms with E-state index in [-0.39, 0.29) is 5.56 Å². The van der Waals surface area contributed by atoms with Crippen LogP contribution in [0.25, 0.3) is 10.9 Å². The summed E-state index contributed by atoms with van der Waals surface area (Å²) in [4.78, 5) is 29.3. The second kappa shape index (κ2) is 4.05. The standard InChI is InChI=1S/C10H7BrN2O3/c1-16-10(15)5-3-8-6(2-7(5)11)9(14)13-4-12-8/h2-4H,1H3,(H,12,13,14). The zero-order chi connectivity index (χ0) is 11.7. The Morgan fingerprint density at radius 1 is 1.50 bits per heavy atom. The molecule has 0 fully saturated rings. The van der Waals surface area contributed by atoms with Crippen molar-refractivity contribution in [2.45, 2.75) is 0 Å². The first-order valence-corrected chi connectivity index (χ1v) is 5.18. The number of halogens is 1. The summed E-state index contributed by atoms with van der Waals surface area (Å²) in [6.45, 7) is 0. The molecule has 0 saturated carbocycles. The maximum atomic E-state index is 11.4. The van der Waals surface area contributed by atoms with E-state index < -0.39 is 5.97 Å². The van der Waals surface area contributed by atoms with Gasteiger partial charge in [0.2, 0.25) is 0 Å². The van der Waals surface area contributed by atoms with Crippen LogP contribution in [-0.4, -0.2) is 23.0 Å². The van der Waals surface area contributed by atoms with E-state index in [1.807, 2.05) is 0 Å². The zero-order valence-electron chi connectivity index (χ0n) is 8.28. The third-order valence-electron chi connectivity index (χ3n) is 2.13. The smallest absolute Gasteiger partial charge is 0.339 e. The molecule has 2 aromatic rings. The number of nitrogens with zero attached hydrogens (tertiary/aromatic N) is 1. The molecule has 0 unspecified atom stereocenters. The predicted octanol–water partition coefficient (Wildman–Crippen LogP) is 1.47. The largest absolute Gasteiger partial charge is 0.465 e. The third-order valence-corrected chi connectivity index (χ3v) is 2.79. The van der Waals surface area contributed by atoms with Gasteiger partial charge in [0.1, 0.15) is 0 Å². The lowest BCUT2D eigenvalue weighted by molar-refractivity contribution is 0.0600. The van der Waals surface area contributed by atoms with Gasteiger partial charge in [-0.1, -0.05) is 0 Å². The van der Waals surface area contributed by atoms with Crippen LogP contribution in [0.5, 0.6) is 0 Å². The van der Waals surface area contributed by atoms with Gasteiger partial charge in [0.25, 0.3) is 5.56 Å². The van der Waals surface area contributed by atoms with E-state index in [2.05, 4.69) is 30.6 Å². The molecular formula is C10H7BrN2O3. The Kier molecular flexibility index (Phi) is 2.74. The number of benzene rings is 1. The molecule has 1 aromatic carbocycles. The summed E-state index contributed by atoms with van der Waals surface area (Å²) in [5, 5.41) is 0.419. The molecule has 0 aliphatic heterocycles. The van der Waals surface area contributed by atoms with Crippen LogP contribution in [0, 0.1) is 0 Å². The highest BCUT2D eigenvalue weighted by Crippen LogP contribution is 2.21. The summed E-state index contributed by atoms with van der Waals surface area (Å²) < 4.78 is 5.12. The number of fused-ring (bicyclic) bond motifs is 1. The van der Waals surface area contributed by atoms with Crippen molar-refractivity contribution < 1.29 is 9.53 Å². The molecule has 2 rings (SSSR count). The summed E-state index contributed by atoms with van der Waals surface area (Å²) >= 11 is 3.21.